The van der Waals surface area contributed by atoms with Gasteiger partial charge in [-0.25, -0.2) is 4.98 Å². The van der Waals surface area contributed by atoms with Gasteiger partial charge in [-0.2, -0.15) is 0 Å². The average Bonchev–Trinajstić information content (AvgIpc) is 2.57. The molecule has 0 saturated carbocycles. The van der Waals surface area contributed by atoms with Crippen LogP contribution in [0.3, 0.4) is 0 Å². The lowest BCUT2D eigenvalue weighted by molar-refractivity contribution is 0.0346. The Morgan fingerprint density at radius 2 is 1.88 bits per heavy atom. The number of aromatic nitrogens is 2. The molecule has 0 saturated heterocycles. The molecule has 0 spiro atoms. The van der Waals surface area contributed by atoms with Crippen molar-refractivity contribution in [2.45, 2.75) is 30.9 Å². The molecule has 124 valence electrons. The highest BCUT2D eigenvalue weighted by molar-refractivity contribution is 7.98. The Morgan fingerprint density at radius 3 is 2.58 bits per heavy atom. The predicted octanol–water partition coefficient (Wildman–Crippen LogP) is 4.18. The summed E-state index contributed by atoms with van der Waals surface area (Å²) in [5.74, 6) is 0.670. The number of benzene rings is 2. The highest BCUT2D eigenvalue weighted by atomic mass is 35.5. The largest absolute Gasteiger partial charge is 0.406 e. The molecule has 0 fully saturated rings. The van der Waals surface area contributed by atoms with E-state index in [2.05, 4.69) is 4.98 Å². The minimum absolute atomic E-state index is 0.124. The van der Waals surface area contributed by atoms with E-state index in [1.54, 1.807) is 6.07 Å². The van der Waals surface area contributed by atoms with E-state index in [1.165, 1.54) is 16.5 Å². The smallest absolute Gasteiger partial charge is 0.295 e. The monoisotopic (exact) mass is 360 g/mol. The molecule has 0 amide bonds. The standard InChI is InChI=1S/C18H17ClN2O2S/c1-12(2)23-21-17(22)15-5-3-4-6-16(15)20-18(21)24-11-13-7-9-14(19)10-8-13/h3-10,12H,11H2,1-2H3. The van der Waals surface area contributed by atoms with Crippen molar-refractivity contribution in [3.8, 4) is 0 Å². The maximum Gasteiger partial charge on any atom is 0.295 e. The van der Waals surface area contributed by atoms with E-state index >= 15 is 0 Å². The first-order chi connectivity index (χ1) is 11.5. The third kappa shape index (κ3) is 3.74. The van der Waals surface area contributed by atoms with Gasteiger partial charge in [0.25, 0.3) is 5.56 Å². The van der Waals surface area contributed by atoms with E-state index in [-0.39, 0.29) is 11.7 Å². The number of hydrogen-bond donors (Lipinski definition) is 0. The molecule has 1 aromatic heterocycles. The molecule has 0 radical (unpaired) electrons. The van der Waals surface area contributed by atoms with Crippen molar-refractivity contribution in [3.05, 3.63) is 69.5 Å². The Bertz CT molecular complexity index is 907. The van der Waals surface area contributed by atoms with Crippen LogP contribution in [-0.4, -0.2) is 15.8 Å². The minimum Gasteiger partial charge on any atom is -0.406 e. The molecule has 0 aliphatic carbocycles. The maximum absolute atomic E-state index is 12.7. The number of halogens is 1. The molecule has 4 nitrogen and oxygen atoms in total. The van der Waals surface area contributed by atoms with E-state index in [0.717, 1.165) is 5.56 Å². The zero-order valence-corrected chi connectivity index (χ0v) is 15.0. The first kappa shape index (κ1) is 16.9. The van der Waals surface area contributed by atoms with Gasteiger partial charge < -0.3 is 4.84 Å². The second-order valence-electron chi connectivity index (χ2n) is 5.58. The highest BCUT2D eigenvalue weighted by Gasteiger charge is 2.14. The van der Waals surface area contributed by atoms with E-state index in [4.69, 9.17) is 16.4 Å². The number of fused-ring (bicyclic) bond motifs is 1. The van der Waals surface area contributed by atoms with Crippen LogP contribution in [-0.2, 0) is 5.75 Å². The summed E-state index contributed by atoms with van der Waals surface area (Å²) < 4.78 is 1.30. The van der Waals surface area contributed by atoms with Crippen molar-refractivity contribution in [3.63, 3.8) is 0 Å². The van der Waals surface area contributed by atoms with Crippen molar-refractivity contribution >= 4 is 34.3 Å². The first-order valence-corrected chi connectivity index (χ1v) is 8.97. The second-order valence-corrected chi connectivity index (χ2v) is 6.96. The van der Waals surface area contributed by atoms with Crippen LogP contribution in [0.2, 0.25) is 5.02 Å². The van der Waals surface area contributed by atoms with Gasteiger partial charge in [0.05, 0.1) is 10.9 Å². The molecule has 0 unspecified atom stereocenters. The van der Waals surface area contributed by atoms with Crippen molar-refractivity contribution in [2.75, 3.05) is 0 Å². The molecule has 0 bridgehead atoms. The molecule has 0 atom stereocenters. The van der Waals surface area contributed by atoms with Crippen LogP contribution in [0.15, 0.2) is 58.5 Å². The summed E-state index contributed by atoms with van der Waals surface area (Å²) in [7, 11) is 0. The quantitative estimate of drug-likeness (QED) is 0.505. The third-order valence-electron chi connectivity index (χ3n) is 3.31. The molecular formula is C18H17ClN2O2S. The first-order valence-electron chi connectivity index (χ1n) is 7.61. The van der Waals surface area contributed by atoms with Gasteiger partial charge >= 0.3 is 0 Å². The van der Waals surface area contributed by atoms with Gasteiger partial charge in [0.2, 0.25) is 5.16 Å². The fourth-order valence-electron chi connectivity index (χ4n) is 2.22. The Balaban J connectivity index is 1.98. The molecule has 6 heteroatoms. The zero-order valence-electron chi connectivity index (χ0n) is 13.4. The number of thioether (sulfide) groups is 1. The van der Waals surface area contributed by atoms with Gasteiger partial charge in [0.15, 0.2) is 0 Å². The third-order valence-corrected chi connectivity index (χ3v) is 4.55. The van der Waals surface area contributed by atoms with Crippen molar-refractivity contribution < 1.29 is 4.84 Å². The SMILES string of the molecule is CC(C)On1c(SCc2ccc(Cl)cc2)nc2ccccc2c1=O. The van der Waals surface area contributed by atoms with Crippen LogP contribution in [0.4, 0.5) is 0 Å². The minimum atomic E-state index is -0.187. The van der Waals surface area contributed by atoms with Gasteiger partial charge in [-0.1, -0.05) is 47.6 Å². The number of para-hydroxylation sites is 1. The summed E-state index contributed by atoms with van der Waals surface area (Å²) in [4.78, 5) is 23.0. The van der Waals surface area contributed by atoms with Crippen molar-refractivity contribution in [1.29, 1.82) is 0 Å². The summed E-state index contributed by atoms with van der Waals surface area (Å²) in [6, 6.07) is 14.9. The van der Waals surface area contributed by atoms with Crippen LogP contribution in [0.25, 0.3) is 10.9 Å². The number of rotatable bonds is 5. The molecule has 0 N–H and O–H groups in total. The van der Waals surface area contributed by atoms with E-state index in [9.17, 15) is 4.79 Å². The Morgan fingerprint density at radius 1 is 1.17 bits per heavy atom. The predicted molar refractivity (Wildman–Crippen MR) is 98.7 cm³/mol. The van der Waals surface area contributed by atoms with Crippen LogP contribution in [0.1, 0.15) is 19.4 Å². The summed E-state index contributed by atoms with van der Waals surface area (Å²) >= 11 is 7.37. The Labute approximate surface area is 149 Å². The number of hydrogen-bond acceptors (Lipinski definition) is 4. The second kappa shape index (κ2) is 7.28. The molecule has 3 aromatic rings. The summed E-state index contributed by atoms with van der Waals surface area (Å²) in [6.07, 6.45) is -0.124. The average molecular weight is 361 g/mol. The van der Waals surface area contributed by atoms with Crippen LogP contribution >= 0.6 is 23.4 Å². The fraction of sp³-hybridized carbons (Fsp3) is 0.222. The van der Waals surface area contributed by atoms with Crippen LogP contribution in [0.5, 0.6) is 0 Å². The maximum atomic E-state index is 12.7. The fourth-order valence-corrected chi connectivity index (χ4v) is 3.24. The van der Waals surface area contributed by atoms with Crippen LogP contribution < -0.4 is 10.4 Å². The number of nitrogens with zero attached hydrogens (tertiary/aromatic N) is 2. The topological polar surface area (TPSA) is 44.1 Å². The van der Waals surface area contributed by atoms with Gasteiger partial charge in [0, 0.05) is 10.8 Å². The summed E-state index contributed by atoms with van der Waals surface area (Å²) in [5.41, 5.74) is 1.58. The molecule has 24 heavy (non-hydrogen) atoms. The summed E-state index contributed by atoms with van der Waals surface area (Å²) in [6.45, 7) is 3.77. The zero-order chi connectivity index (χ0) is 17.1. The van der Waals surface area contributed by atoms with Crippen molar-refractivity contribution in [1.82, 2.24) is 9.71 Å². The molecular weight excluding hydrogens is 344 g/mol. The van der Waals surface area contributed by atoms with Gasteiger partial charge in [-0.15, -0.1) is 4.73 Å². The lowest BCUT2D eigenvalue weighted by atomic mass is 10.2. The summed E-state index contributed by atoms with van der Waals surface area (Å²) in [5, 5.41) is 1.80. The normalized spacial score (nSPS) is 11.2. The van der Waals surface area contributed by atoms with E-state index in [1.807, 2.05) is 56.3 Å². The molecule has 3 rings (SSSR count). The highest BCUT2D eigenvalue weighted by Crippen LogP contribution is 2.22. The Hall–Kier alpha value is -1.98. The van der Waals surface area contributed by atoms with Crippen molar-refractivity contribution in [2.24, 2.45) is 0 Å². The molecule has 0 aliphatic heterocycles. The molecule has 1 heterocycles. The molecule has 0 aliphatic rings. The van der Waals surface area contributed by atoms with E-state index < -0.39 is 0 Å². The lowest BCUT2D eigenvalue weighted by Gasteiger charge is -2.16. The van der Waals surface area contributed by atoms with Gasteiger partial charge in [-0.3, -0.25) is 4.79 Å². The molecule has 2 aromatic carbocycles. The van der Waals surface area contributed by atoms with E-state index in [0.29, 0.717) is 26.8 Å². The van der Waals surface area contributed by atoms with Crippen LogP contribution in [0, 0.1) is 0 Å². The lowest BCUT2D eigenvalue weighted by Crippen LogP contribution is -2.33. The van der Waals surface area contributed by atoms with Gasteiger partial charge in [-0.05, 0) is 43.7 Å². The Kier molecular flexibility index (Phi) is 5.11. The van der Waals surface area contributed by atoms with Gasteiger partial charge in [0.1, 0.15) is 6.10 Å².